The zero-order valence-electron chi connectivity index (χ0n) is 10.2. The van der Waals surface area contributed by atoms with Crippen LogP contribution in [0.25, 0.3) is 0 Å². The van der Waals surface area contributed by atoms with Crippen molar-refractivity contribution in [1.82, 2.24) is 0 Å². The lowest BCUT2D eigenvalue weighted by molar-refractivity contribution is -0.124. The number of rotatable bonds is 3. The van der Waals surface area contributed by atoms with Crippen molar-refractivity contribution in [2.75, 3.05) is 11.4 Å². The molecule has 0 radical (unpaired) electrons. The molecule has 0 heterocycles. The fraction of sp³-hybridized carbons (Fsp3) is 0.385. The largest absolute Gasteiger partial charge is 0.311 e. The molecule has 0 saturated heterocycles. The van der Waals surface area contributed by atoms with Gasteiger partial charge in [0.25, 0.3) is 0 Å². The first-order valence-corrected chi connectivity index (χ1v) is 5.41. The van der Waals surface area contributed by atoms with Gasteiger partial charge in [-0.3, -0.25) is 4.79 Å². The van der Waals surface area contributed by atoms with Crippen molar-refractivity contribution in [1.29, 1.82) is 5.26 Å². The fourth-order valence-electron chi connectivity index (χ4n) is 1.45. The van der Waals surface area contributed by atoms with Gasteiger partial charge in [0.1, 0.15) is 11.2 Å². The van der Waals surface area contributed by atoms with Gasteiger partial charge in [-0.15, -0.1) is 0 Å². The Hall–Kier alpha value is -1.89. The van der Waals surface area contributed by atoms with Crippen LogP contribution >= 0.6 is 0 Å². The van der Waals surface area contributed by atoms with Crippen LogP contribution in [0, 0.1) is 22.6 Å². The van der Waals surface area contributed by atoms with E-state index in [0.717, 1.165) is 0 Å². The summed E-state index contributed by atoms with van der Waals surface area (Å²) in [4.78, 5) is 13.6. The minimum atomic E-state index is -1.08. The molecule has 0 aliphatic carbocycles. The van der Waals surface area contributed by atoms with E-state index in [1.807, 2.05) is 13.0 Å². The van der Waals surface area contributed by atoms with Gasteiger partial charge in [-0.1, -0.05) is 0 Å². The minimum absolute atomic E-state index is 0.283. The van der Waals surface area contributed by atoms with E-state index in [2.05, 4.69) is 0 Å². The molecule has 17 heavy (non-hydrogen) atoms. The monoisotopic (exact) mass is 234 g/mol. The van der Waals surface area contributed by atoms with Crippen LogP contribution in [0.3, 0.4) is 0 Å². The Morgan fingerprint density at radius 2 is 1.94 bits per heavy atom. The molecule has 0 unspecified atom stereocenters. The molecule has 0 fully saturated rings. The van der Waals surface area contributed by atoms with Crippen molar-refractivity contribution in [3.63, 3.8) is 0 Å². The zero-order chi connectivity index (χ0) is 13.1. The molecule has 0 N–H and O–H groups in total. The van der Waals surface area contributed by atoms with Gasteiger partial charge < -0.3 is 4.90 Å². The second kappa shape index (κ2) is 4.96. The van der Waals surface area contributed by atoms with Gasteiger partial charge in [-0.05, 0) is 45.0 Å². The molecule has 1 aromatic carbocycles. The van der Waals surface area contributed by atoms with E-state index in [0.29, 0.717) is 12.2 Å². The second-order valence-corrected chi connectivity index (χ2v) is 4.26. The third-order valence-electron chi connectivity index (χ3n) is 2.51. The van der Waals surface area contributed by atoms with Crippen LogP contribution in [0.5, 0.6) is 0 Å². The highest BCUT2D eigenvalue weighted by molar-refractivity contribution is 5.98. The van der Waals surface area contributed by atoms with Gasteiger partial charge >= 0.3 is 0 Å². The number of carbonyl (C=O) groups excluding carboxylic acids is 1. The lowest BCUT2D eigenvalue weighted by Crippen LogP contribution is -2.40. The molecule has 0 aliphatic rings. The standard InChI is InChI=1S/C13H15FN2O/c1-4-16(12(17)13(2,3)9-15)11-7-5-10(14)6-8-11/h5-8H,4H2,1-3H3. The van der Waals surface area contributed by atoms with Crippen LogP contribution in [0.4, 0.5) is 10.1 Å². The van der Waals surface area contributed by atoms with Gasteiger partial charge in [-0.2, -0.15) is 5.26 Å². The molecule has 4 heteroatoms. The Labute approximate surface area is 100 Å². The Kier molecular flexibility index (Phi) is 3.84. The van der Waals surface area contributed by atoms with Crippen LogP contribution in [0.2, 0.25) is 0 Å². The normalized spacial score (nSPS) is 10.8. The lowest BCUT2D eigenvalue weighted by Gasteiger charge is -2.26. The highest BCUT2D eigenvalue weighted by Crippen LogP contribution is 2.23. The Balaban J connectivity index is 3.05. The van der Waals surface area contributed by atoms with E-state index in [1.54, 1.807) is 13.8 Å². The van der Waals surface area contributed by atoms with Crippen LogP contribution in [0.1, 0.15) is 20.8 Å². The van der Waals surface area contributed by atoms with Gasteiger partial charge in [0.2, 0.25) is 5.91 Å². The first kappa shape index (κ1) is 13.2. The van der Waals surface area contributed by atoms with E-state index in [9.17, 15) is 9.18 Å². The quantitative estimate of drug-likeness (QED) is 0.807. The molecule has 0 spiro atoms. The SMILES string of the molecule is CCN(C(=O)C(C)(C)C#N)c1ccc(F)cc1. The third kappa shape index (κ3) is 2.82. The first-order chi connectivity index (χ1) is 7.92. The smallest absolute Gasteiger partial charge is 0.246 e. The molecule has 1 amide bonds. The Bertz CT molecular complexity index is 445. The van der Waals surface area contributed by atoms with Crippen molar-refractivity contribution in [3.05, 3.63) is 30.1 Å². The molecule has 1 aromatic rings. The summed E-state index contributed by atoms with van der Waals surface area (Å²) in [7, 11) is 0. The topological polar surface area (TPSA) is 44.1 Å². The number of nitrogens with zero attached hydrogens (tertiary/aromatic N) is 2. The zero-order valence-corrected chi connectivity index (χ0v) is 10.2. The number of nitriles is 1. The molecule has 0 atom stereocenters. The Morgan fingerprint density at radius 3 is 2.35 bits per heavy atom. The van der Waals surface area contributed by atoms with Crippen molar-refractivity contribution in [2.45, 2.75) is 20.8 Å². The van der Waals surface area contributed by atoms with Crippen molar-refractivity contribution in [3.8, 4) is 6.07 Å². The van der Waals surface area contributed by atoms with Crippen molar-refractivity contribution >= 4 is 11.6 Å². The average Bonchev–Trinajstić information content (AvgIpc) is 2.32. The summed E-state index contributed by atoms with van der Waals surface area (Å²) in [6.07, 6.45) is 0. The summed E-state index contributed by atoms with van der Waals surface area (Å²) in [6.45, 7) is 5.40. The number of anilines is 1. The van der Waals surface area contributed by atoms with E-state index >= 15 is 0 Å². The van der Waals surface area contributed by atoms with Gasteiger partial charge in [-0.25, -0.2) is 4.39 Å². The highest BCUT2D eigenvalue weighted by atomic mass is 19.1. The van der Waals surface area contributed by atoms with E-state index in [4.69, 9.17) is 5.26 Å². The van der Waals surface area contributed by atoms with E-state index in [-0.39, 0.29) is 11.7 Å². The number of hydrogen-bond acceptors (Lipinski definition) is 2. The second-order valence-electron chi connectivity index (χ2n) is 4.26. The van der Waals surface area contributed by atoms with E-state index in [1.165, 1.54) is 29.2 Å². The maximum Gasteiger partial charge on any atom is 0.246 e. The van der Waals surface area contributed by atoms with Crippen molar-refractivity contribution < 1.29 is 9.18 Å². The van der Waals surface area contributed by atoms with Crippen molar-refractivity contribution in [2.24, 2.45) is 5.41 Å². The van der Waals surface area contributed by atoms with Gasteiger partial charge in [0.15, 0.2) is 0 Å². The molecular weight excluding hydrogens is 219 g/mol. The number of benzene rings is 1. The summed E-state index contributed by atoms with van der Waals surface area (Å²) in [5, 5.41) is 8.94. The number of hydrogen-bond donors (Lipinski definition) is 0. The van der Waals surface area contributed by atoms with Gasteiger partial charge in [0.05, 0.1) is 6.07 Å². The summed E-state index contributed by atoms with van der Waals surface area (Å²) in [5.74, 6) is -0.633. The molecule has 0 bridgehead atoms. The average molecular weight is 234 g/mol. The van der Waals surface area contributed by atoms with Crippen LogP contribution in [-0.2, 0) is 4.79 Å². The van der Waals surface area contributed by atoms with Crippen LogP contribution in [-0.4, -0.2) is 12.5 Å². The third-order valence-corrected chi connectivity index (χ3v) is 2.51. The summed E-state index contributed by atoms with van der Waals surface area (Å²) >= 11 is 0. The molecule has 0 aliphatic heterocycles. The fourth-order valence-corrected chi connectivity index (χ4v) is 1.45. The molecule has 3 nitrogen and oxygen atoms in total. The van der Waals surface area contributed by atoms with Gasteiger partial charge in [0, 0.05) is 12.2 Å². The maximum absolute atomic E-state index is 12.8. The van der Waals surface area contributed by atoms with E-state index < -0.39 is 5.41 Å². The summed E-state index contributed by atoms with van der Waals surface area (Å²) < 4.78 is 12.8. The number of halogens is 1. The number of amides is 1. The molecule has 1 rings (SSSR count). The highest BCUT2D eigenvalue weighted by Gasteiger charge is 2.32. The molecular formula is C13H15FN2O. The summed E-state index contributed by atoms with van der Waals surface area (Å²) in [5.41, 5.74) is -0.480. The predicted octanol–water partition coefficient (Wildman–Crippen LogP) is 2.73. The summed E-state index contributed by atoms with van der Waals surface area (Å²) in [6, 6.07) is 7.63. The predicted molar refractivity (Wildman–Crippen MR) is 63.8 cm³/mol. The lowest BCUT2D eigenvalue weighted by atomic mass is 9.93. The Morgan fingerprint density at radius 1 is 1.41 bits per heavy atom. The number of carbonyl (C=O) groups is 1. The van der Waals surface area contributed by atoms with Crippen LogP contribution in [0.15, 0.2) is 24.3 Å². The first-order valence-electron chi connectivity index (χ1n) is 5.41. The minimum Gasteiger partial charge on any atom is -0.311 e. The maximum atomic E-state index is 12.8. The molecule has 0 aromatic heterocycles. The molecule has 0 saturated carbocycles. The van der Waals surface area contributed by atoms with Crippen LogP contribution < -0.4 is 4.90 Å². The molecule has 90 valence electrons.